The highest BCUT2D eigenvalue weighted by Gasteiger charge is 2.36. The highest BCUT2D eigenvalue weighted by atomic mass is 31.2. The summed E-state index contributed by atoms with van der Waals surface area (Å²) in [7, 11) is -5.30. The van der Waals surface area contributed by atoms with Crippen LogP contribution in [0.15, 0.2) is 29.3 Å². The normalized spacial score (nSPS) is 16.3. The Labute approximate surface area is 364 Å². The number of carboxylic acids is 1. The summed E-state index contributed by atoms with van der Waals surface area (Å²) in [6, 6.07) is -5.72. The molecule has 0 spiro atoms. The number of amides is 7. The summed E-state index contributed by atoms with van der Waals surface area (Å²) in [6.07, 6.45) is 0.0648. The number of carboxylic acid groups (broad SMARTS) is 1. The van der Waals surface area contributed by atoms with Crippen molar-refractivity contribution in [3.8, 4) is 5.75 Å². The zero-order chi connectivity index (χ0) is 48.1. The lowest BCUT2D eigenvalue weighted by Crippen LogP contribution is -2.60. The number of nitrogens with two attached hydrogens (primary N) is 3. The third-order valence-corrected chi connectivity index (χ3v) is 9.64. The third kappa shape index (κ3) is 19.0. The molecule has 7 atom stereocenters. The molecule has 18 N–H and O–H groups in total. The van der Waals surface area contributed by atoms with E-state index >= 15 is 0 Å². The second kappa shape index (κ2) is 26.4. The molecule has 0 aliphatic carbocycles. The number of phosphoric ester groups is 1. The Morgan fingerprint density at radius 2 is 1.42 bits per heavy atom. The molecule has 29 heteroatoms. The van der Waals surface area contributed by atoms with Gasteiger partial charge < -0.3 is 89.0 Å². The molecule has 0 saturated carbocycles. The van der Waals surface area contributed by atoms with E-state index in [0.29, 0.717) is 24.7 Å². The number of likely N-dealkylation sites (tertiary alicyclic amines) is 1. The lowest BCUT2D eigenvalue weighted by Gasteiger charge is -2.28. The smallest absolute Gasteiger partial charge is 0.469 e. The molecule has 2 rings (SSSR count). The van der Waals surface area contributed by atoms with Crippen molar-refractivity contribution in [1.29, 1.82) is 0 Å². The van der Waals surface area contributed by atoms with E-state index < -0.39 is 130 Å². The van der Waals surface area contributed by atoms with Crippen LogP contribution in [0.1, 0.15) is 37.7 Å². The summed E-state index contributed by atoms with van der Waals surface area (Å²) in [6.45, 7) is -4.03. The predicted octanol–water partition coefficient (Wildman–Crippen LogP) is -7.39. The lowest BCUT2D eigenvalue weighted by atomic mass is 10.0. The number of phenols is 1. The van der Waals surface area contributed by atoms with Crippen molar-refractivity contribution in [3.63, 3.8) is 0 Å². The van der Waals surface area contributed by atoms with Crippen LogP contribution in [0.4, 0.5) is 0 Å². The number of phosphoric acid groups is 1. The first-order valence-electron chi connectivity index (χ1n) is 19.4. The van der Waals surface area contributed by atoms with Gasteiger partial charge in [0.2, 0.25) is 41.4 Å². The van der Waals surface area contributed by atoms with Gasteiger partial charge in [-0.05, 0) is 43.4 Å². The van der Waals surface area contributed by atoms with E-state index in [9.17, 15) is 72.8 Å². The Bertz CT molecular complexity index is 1900. The Morgan fingerprint density at radius 3 is 2.00 bits per heavy atom. The number of aliphatic imine (C=N–C) groups is 1. The number of aliphatic carboxylic acids is 1. The van der Waals surface area contributed by atoms with Crippen LogP contribution in [-0.4, -0.2) is 176 Å². The van der Waals surface area contributed by atoms with Gasteiger partial charge in [-0.2, -0.15) is 0 Å². The van der Waals surface area contributed by atoms with Gasteiger partial charge in [0.25, 0.3) is 0 Å². The number of aromatic hydroxyl groups is 1. The average Bonchev–Trinajstić information content (AvgIpc) is 3.72. The number of benzene rings is 1. The molecule has 0 aromatic heterocycles. The van der Waals surface area contributed by atoms with Crippen LogP contribution >= 0.6 is 7.82 Å². The Kier molecular flexibility index (Phi) is 22.2. The van der Waals surface area contributed by atoms with Gasteiger partial charge in [-0.25, -0.2) is 4.57 Å². The quantitative estimate of drug-likeness (QED) is 0.0128. The minimum atomic E-state index is -5.30. The highest BCUT2D eigenvalue weighted by molar-refractivity contribution is 7.46. The maximum atomic E-state index is 13.7. The number of aldehydes is 1. The monoisotopic (exact) mass is 931 g/mol. The summed E-state index contributed by atoms with van der Waals surface area (Å²) in [4.78, 5) is 138. The lowest BCUT2D eigenvalue weighted by molar-refractivity contribution is -0.140. The second-order valence-corrected chi connectivity index (χ2v) is 15.4. The average molecular weight is 932 g/mol. The molecule has 1 aromatic rings. The largest absolute Gasteiger partial charge is 0.508 e. The molecule has 1 aromatic carbocycles. The Balaban J connectivity index is 2.25. The maximum Gasteiger partial charge on any atom is 0.469 e. The number of hydrogen-bond acceptors (Lipinski definition) is 16. The highest BCUT2D eigenvalue weighted by Crippen LogP contribution is 2.35. The number of phenolic OH excluding ortho intramolecular Hbond substituents is 1. The van der Waals surface area contributed by atoms with Gasteiger partial charge in [0.15, 0.2) is 5.96 Å². The van der Waals surface area contributed by atoms with Crippen LogP contribution in [-0.2, 0) is 58.7 Å². The second-order valence-electron chi connectivity index (χ2n) is 14.1. The maximum absolute atomic E-state index is 13.7. The molecule has 1 fully saturated rings. The molecule has 64 heavy (non-hydrogen) atoms. The van der Waals surface area contributed by atoms with E-state index in [2.05, 4.69) is 41.4 Å². The summed E-state index contributed by atoms with van der Waals surface area (Å²) >= 11 is 0. The van der Waals surface area contributed by atoms with E-state index in [4.69, 9.17) is 22.3 Å². The number of nitrogens with one attached hydrogen (secondary N) is 6. The van der Waals surface area contributed by atoms with Gasteiger partial charge in [-0.15, -0.1) is 0 Å². The molecule has 0 radical (unpaired) electrons. The summed E-state index contributed by atoms with van der Waals surface area (Å²) in [5.41, 5.74) is 16.5. The van der Waals surface area contributed by atoms with Crippen LogP contribution in [0.5, 0.6) is 5.75 Å². The van der Waals surface area contributed by atoms with Crippen molar-refractivity contribution in [1.82, 2.24) is 36.8 Å². The minimum absolute atomic E-state index is 0.00318. The minimum Gasteiger partial charge on any atom is -0.508 e. The molecule has 7 amide bonds. The van der Waals surface area contributed by atoms with Crippen molar-refractivity contribution in [2.75, 3.05) is 39.5 Å². The topological polar surface area (TPSA) is 467 Å². The van der Waals surface area contributed by atoms with Crippen molar-refractivity contribution >= 4 is 67.4 Å². The van der Waals surface area contributed by atoms with E-state index in [1.807, 2.05) is 0 Å². The van der Waals surface area contributed by atoms with Gasteiger partial charge in [-0.1, -0.05) is 12.1 Å². The van der Waals surface area contributed by atoms with Crippen molar-refractivity contribution in [2.45, 2.75) is 80.8 Å². The molecule has 1 heterocycles. The fraction of sp³-hybridized carbons (Fsp3) is 0.543. The Hall–Kier alpha value is -6.29. The van der Waals surface area contributed by atoms with Gasteiger partial charge in [0.1, 0.15) is 42.2 Å². The number of aliphatic hydroxyl groups is 2. The van der Waals surface area contributed by atoms with E-state index in [1.54, 1.807) is 0 Å². The van der Waals surface area contributed by atoms with E-state index in [-0.39, 0.29) is 44.1 Å². The summed E-state index contributed by atoms with van der Waals surface area (Å²) in [5.74, 6) is -9.48. The van der Waals surface area contributed by atoms with E-state index in [0.717, 1.165) is 4.90 Å². The van der Waals surface area contributed by atoms with Crippen molar-refractivity contribution in [3.05, 3.63) is 29.8 Å². The molecular weight excluding hydrogens is 877 g/mol. The molecule has 28 nitrogen and oxygen atoms in total. The van der Waals surface area contributed by atoms with Gasteiger partial charge in [0, 0.05) is 19.5 Å². The summed E-state index contributed by atoms with van der Waals surface area (Å²) in [5, 5.41) is 51.8. The molecule has 1 saturated heterocycles. The van der Waals surface area contributed by atoms with Crippen molar-refractivity contribution < 1.29 is 82.5 Å². The third-order valence-electron chi connectivity index (χ3n) is 9.16. The van der Waals surface area contributed by atoms with Crippen LogP contribution in [0, 0.1) is 0 Å². The number of carbonyl (C=O) groups is 9. The number of carbonyl (C=O) groups excluding carboxylic acids is 8. The first kappa shape index (κ1) is 53.8. The summed E-state index contributed by atoms with van der Waals surface area (Å²) < 4.78 is 16.0. The first-order valence-corrected chi connectivity index (χ1v) is 20.9. The van der Waals surface area contributed by atoms with Crippen LogP contribution in [0.3, 0.4) is 0 Å². The zero-order valence-electron chi connectivity index (χ0n) is 34.2. The fourth-order valence-corrected chi connectivity index (χ4v) is 6.25. The van der Waals surface area contributed by atoms with Gasteiger partial charge in [-0.3, -0.25) is 47.9 Å². The molecule has 0 bridgehead atoms. The van der Waals surface area contributed by atoms with Crippen LogP contribution < -0.4 is 49.1 Å². The number of guanidine groups is 1. The predicted molar refractivity (Wildman–Crippen MR) is 218 cm³/mol. The first-order chi connectivity index (χ1) is 30.1. The van der Waals surface area contributed by atoms with Crippen LogP contribution in [0.2, 0.25) is 0 Å². The van der Waals surface area contributed by atoms with Gasteiger partial charge in [0.05, 0.1) is 44.9 Å². The van der Waals surface area contributed by atoms with Crippen LogP contribution in [0.25, 0.3) is 0 Å². The number of rotatable bonds is 27. The molecule has 1 aliphatic heterocycles. The molecule has 0 unspecified atom stereocenters. The van der Waals surface area contributed by atoms with Crippen molar-refractivity contribution in [2.24, 2.45) is 22.2 Å². The fourth-order valence-electron chi connectivity index (χ4n) is 5.90. The Morgan fingerprint density at radius 1 is 0.844 bits per heavy atom. The number of nitrogens with zero attached hydrogens (tertiary/aromatic N) is 2. The number of aliphatic hydroxyl groups excluding tert-OH is 2. The molecule has 1 aliphatic rings. The zero-order valence-corrected chi connectivity index (χ0v) is 35.1. The van der Waals surface area contributed by atoms with E-state index in [1.165, 1.54) is 24.3 Å². The van der Waals surface area contributed by atoms with Gasteiger partial charge >= 0.3 is 13.8 Å². The molecule has 356 valence electrons. The SMILES string of the molecule is NC(N)=NCCC[C@H](NC(=O)[C@@H](N)CC(=O)O)C(=O)N[C@@H](CO)C(=O)NCC(=O)N[C@@H](Cc1ccc(O)cc1)C(=O)N[C@@H](COP(=O)(O)O)C(=O)N[C@@H](CO)C(=O)N1CCC[C@H]1C=O. The number of hydrogen-bond donors (Lipinski definition) is 15. The molecular formula is C35H54N11O17P. The standard InChI is InChI=1S/C35H54N11O17P/c36-21(12-28(52)53)29(54)42-22(4-1-9-39-35(37)38)31(56)43-24(15-48)30(55)40-13-27(51)41-23(11-18-5-7-20(50)8-6-18)32(57)45-26(17-63-64(60,61)62)33(58)44-25(16-49)34(59)46-10-2-3-19(46)14-47/h5-8,14,19,21-26,48-50H,1-4,9-13,15-17,36H2,(H,40,55)(H,41,51)(H,42,54)(H,43,56)(H,44,58)(H,45,57)(H,52,53)(H4,37,38,39)(H2,60,61,62)/t19-,21-,22-,23-,24-,25-,26-/m0/s1.